The summed E-state index contributed by atoms with van der Waals surface area (Å²) in [7, 11) is 0. The molecule has 20 heavy (non-hydrogen) atoms. The molecule has 0 spiro atoms. The van der Waals surface area contributed by atoms with Gasteiger partial charge in [0, 0.05) is 24.0 Å². The Labute approximate surface area is 121 Å². The Hall–Kier alpha value is -2.14. The van der Waals surface area contributed by atoms with E-state index in [-0.39, 0.29) is 5.91 Å². The lowest BCUT2D eigenvalue weighted by molar-refractivity contribution is 0.0953. The summed E-state index contributed by atoms with van der Waals surface area (Å²) < 4.78 is 2.12. The number of hydrogen-bond acceptors (Lipinski definition) is 3. The second kappa shape index (κ2) is 5.88. The molecule has 0 fully saturated rings. The van der Waals surface area contributed by atoms with Crippen LogP contribution in [0.4, 0.5) is 0 Å². The predicted molar refractivity (Wildman–Crippen MR) is 81.0 cm³/mol. The molecule has 102 valence electrons. The highest BCUT2D eigenvalue weighted by Gasteiger charge is 2.05. The maximum atomic E-state index is 11.8. The molecular weight excluding hydrogens is 270 g/mol. The number of hydrogen-bond donors (Lipinski definition) is 1. The average molecular weight is 285 g/mol. The Balaban J connectivity index is 1.52. The number of fused-ring (bicyclic) bond motifs is 1. The Morgan fingerprint density at radius 1 is 1.30 bits per heavy atom. The van der Waals surface area contributed by atoms with Crippen LogP contribution in [0.15, 0.2) is 47.4 Å². The minimum absolute atomic E-state index is 0.00161. The van der Waals surface area contributed by atoms with Crippen LogP contribution in [0.3, 0.4) is 0 Å². The molecule has 0 radical (unpaired) electrons. The van der Waals surface area contributed by atoms with Crippen molar-refractivity contribution in [3.63, 3.8) is 0 Å². The number of aryl methyl sites for hydroxylation is 1. The molecule has 1 amide bonds. The fourth-order valence-electron chi connectivity index (χ4n) is 2.14. The summed E-state index contributed by atoms with van der Waals surface area (Å²) in [5, 5.41) is 6.70. The van der Waals surface area contributed by atoms with Gasteiger partial charge in [0.05, 0.1) is 17.4 Å². The smallest absolute Gasteiger partial charge is 0.252 e. The quantitative estimate of drug-likeness (QED) is 0.733. The summed E-state index contributed by atoms with van der Waals surface area (Å²) in [6.07, 6.45) is 2.74. The summed E-state index contributed by atoms with van der Waals surface area (Å²) in [4.78, 5) is 16.1. The van der Waals surface area contributed by atoms with Gasteiger partial charge in [-0.05, 0) is 30.0 Å². The molecule has 1 aromatic carbocycles. The largest absolute Gasteiger partial charge is 0.352 e. The predicted octanol–water partition coefficient (Wildman–Crippen LogP) is 2.92. The van der Waals surface area contributed by atoms with E-state index in [9.17, 15) is 4.79 Å². The first-order valence-corrected chi connectivity index (χ1v) is 7.49. The number of rotatable bonds is 5. The molecule has 0 saturated heterocycles. The molecule has 0 aliphatic heterocycles. The Morgan fingerprint density at radius 3 is 3.05 bits per heavy atom. The van der Waals surface area contributed by atoms with Crippen molar-refractivity contribution >= 4 is 28.3 Å². The fraction of sp³-hybridized carbons (Fsp3) is 0.200. The number of aromatic nitrogens is 2. The van der Waals surface area contributed by atoms with Crippen molar-refractivity contribution in [2.24, 2.45) is 0 Å². The van der Waals surface area contributed by atoms with Gasteiger partial charge in [0.15, 0.2) is 0 Å². The van der Waals surface area contributed by atoms with E-state index in [4.69, 9.17) is 0 Å². The van der Waals surface area contributed by atoms with E-state index in [1.54, 1.807) is 0 Å². The van der Waals surface area contributed by atoms with Crippen molar-refractivity contribution in [3.05, 3.63) is 53.0 Å². The number of benzene rings is 1. The van der Waals surface area contributed by atoms with E-state index in [0.717, 1.165) is 29.6 Å². The Bertz CT molecular complexity index is 703. The van der Waals surface area contributed by atoms with Crippen molar-refractivity contribution in [1.29, 1.82) is 0 Å². The number of carbonyl (C=O) groups is 1. The highest BCUT2D eigenvalue weighted by Crippen LogP contribution is 2.12. The third-order valence-electron chi connectivity index (χ3n) is 3.17. The van der Waals surface area contributed by atoms with Gasteiger partial charge in [0.2, 0.25) is 0 Å². The van der Waals surface area contributed by atoms with E-state index in [1.165, 1.54) is 11.3 Å². The molecule has 0 bridgehead atoms. The zero-order chi connectivity index (χ0) is 13.8. The highest BCUT2D eigenvalue weighted by molar-refractivity contribution is 7.08. The van der Waals surface area contributed by atoms with Gasteiger partial charge in [-0.15, -0.1) is 0 Å². The van der Waals surface area contributed by atoms with Gasteiger partial charge in [0.1, 0.15) is 0 Å². The van der Waals surface area contributed by atoms with E-state index in [2.05, 4.69) is 20.9 Å². The summed E-state index contributed by atoms with van der Waals surface area (Å²) >= 11 is 1.53. The van der Waals surface area contributed by atoms with Gasteiger partial charge in [0.25, 0.3) is 5.91 Å². The van der Waals surface area contributed by atoms with Crippen LogP contribution in [-0.2, 0) is 6.54 Å². The van der Waals surface area contributed by atoms with Crippen molar-refractivity contribution in [2.75, 3.05) is 6.54 Å². The molecule has 1 N–H and O–H groups in total. The Kier molecular flexibility index (Phi) is 3.78. The maximum absolute atomic E-state index is 11.8. The third-order valence-corrected chi connectivity index (χ3v) is 3.86. The number of thiophene rings is 1. The Morgan fingerprint density at radius 2 is 2.20 bits per heavy atom. The molecule has 4 nitrogen and oxygen atoms in total. The molecule has 0 atom stereocenters. The second-order valence-electron chi connectivity index (χ2n) is 4.55. The molecule has 5 heteroatoms. The number of para-hydroxylation sites is 2. The van der Waals surface area contributed by atoms with Gasteiger partial charge in [-0.25, -0.2) is 4.98 Å². The first-order valence-electron chi connectivity index (χ1n) is 6.55. The van der Waals surface area contributed by atoms with Crippen LogP contribution in [0.2, 0.25) is 0 Å². The number of nitrogens with one attached hydrogen (secondary N) is 1. The van der Waals surface area contributed by atoms with Crippen molar-refractivity contribution in [3.8, 4) is 0 Å². The SMILES string of the molecule is O=C(NCCCn1cnc2ccccc21)c1ccsc1. The van der Waals surface area contributed by atoms with Crippen LogP contribution >= 0.6 is 11.3 Å². The number of carbonyl (C=O) groups excluding carboxylic acids is 1. The molecule has 0 aliphatic rings. The molecular formula is C15H15N3OS. The molecule has 2 aromatic heterocycles. The number of nitrogens with zero attached hydrogens (tertiary/aromatic N) is 2. The van der Waals surface area contributed by atoms with E-state index in [1.807, 2.05) is 41.4 Å². The van der Waals surface area contributed by atoms with Crippen LogP contribution in [0.1, 0.15) is 16.8 Å². The van der Waals surface area contributed by atoms with Crippen molar-refractivity contribution in [2.45, 2.75) is 13.0 Å². The summed E-state index contributed by atoms with van der Waals surface area (Å²) in [6.45, 7) is 1.52. The monoisotopic (exact) mass is 285 g/mol. The molecule has 0 unspecified atom stereocenters. The van der Waals surface area contributed by atoms with Crippen LogP contribution in [-0.4, -0.2) is 22.0 Å². The molecule has 0 saturated carbocycles. The molecule has 3 aromatic rings. The van der Waals surface area contributed by atoms with Crippen LogP contribution in [0.25, 0.3) is 11.0 Å². The second-order valence-corrected chi connectivity index (χ2v) is 5.33. The lowest BCUT2D eigenvalue weighted by Gasteiger charge is -2.05. The normalized spacial score (nSPS) is 10.8. The fourth-order valence-corrected chi connectivity index (χ4v) is 2.77. The number of amides is 1. The summed E-state index contributed by atoms with van der Waals surface area (Å²) in [5.41, 5.74) is 2.88. The standard InChI is InChI=1S/C15H15N3OS/c19-15(12-6-9-20-10-12)16-7-3-8-18-11-17-13-4-1-2-5-14(13)18/h1-2,4-6,9-11H,3,7-8H2,(H,16,19). The van der Waals surface area contributed by atoms with E-state index < -0.39 is 0 Å². The van der Waals surface area contributed by atoms with Gasteiger partial charge in [-0.1, -0.05) is 12.1 Å². The summed E-state index contributed by atoms with van der Waals surface area (Å²) in [5.74, 6) is 0.00161. The zero-order valence-corrected chi connectivity index (χ0v) is 11.8. The van der Waals surface area contributed by atoms with E-state index in [0.29, 0.717) is 6.54 Å². The van der Waals surface area contributed by atoms with Gasteiger partial charge >= 0.3 is 0 Å². The van der Waals surface area contributed by atoms with E-state index >= 15 is 0 Å². The minimum atomic E-state index is 0.00161. The average Bonchev–Trinajstić information content (AvgIpc) is 3.13. The lowest BCUT2D eigenvalue weighted by Crippen LogP contribution is -2.24. The first kappa shape index (κ1) is 12.9. The van der Waals surface area contributed by atoms with Crippen LogP contribution < -0.4 is 5.32 Å². The molecule has 3 rings (SSSR count). The first-order chi connectivity index (χ1) is 9.84. The maximum Gasteiger partial charge on any atom is 0.252 e. The lowest BCUT2D eigenvalue weighted by atomic mass is 10.3. The van der Waals surface area contributed by atoms with Crippen LogP contribution in [0, 0.1) is 0 Å². The minimum Gasteiger partial charge on any atom is -0.352 e. The molecule has 0 aliphatic carbocycles. The van der Waals surface area contributed by atoms with Crippen LogP contribution in [0.5, 0.6) is 0 Å². The zero-order valence-electron chi connectivity index (χ0n) is 11.0. The van der Waals surface area contributed by atoms with Crippen molar-refractivity contribution in [1.82, 2.24) is 14.9 Å². The third kappa shape index (κ3) is 2.72. The van der Waals surface area contributed by atoms with Gasteiger partial charge in [-0.3, -0.25) is 4.79 Å². The number of imidazole rings is 1. The van der Waals surface area contributed by atoms with Gasteiger partial charge in [-0.2, -0.15) is 11.3 Å². The topological polar surface area (TPSA) is 46.9 Å². The van der Waals surface area contributed by atoms with Crippen molar-refractivity contribution < 1.29 is 4.79 Å². The molecule has 2 heterocycles. The van der Waals surface area contributed by atoms with Gasteiger partial charge < -0.3 is 9.88 Å². The highest BCUT2D eigenvalue weighted by atomic mass is 32.1. The summed E-state index contributed by atoms with van der Waals surface area (Å²) in [6, 6.07) is 9.90.